The molecule has 76 valence electrons. The second-order valence-corrected chi connectivity index (χ2v) is 2.66. The number of alkyl halides is 3. The van der Waals surface area contributed by atoms with Crippen LogP contribution in [-0.4, -0.2) is 17.9 Å². The fraction of sp³-hybridized carbons (Fsp3) is 0.200. The van der Waals surface area contributed by atoms with Gasteiger partial charge in [0.15, 0.2) is 0 Å². The number of rotatable bonds is 2. The molecule has 0 aliphatic carbocycles. The van der Waals surface area contributed by atoms with E-state index in [1.54, 1.807) is 6.07 Å². The fourth-order valence-corrected chi connectivity index (χ4v) is 1.11. The number of aliphatic hydroxyl groups is 1. The SMILES string of the molecule is OC/C=C(/c1ccccc1)C(F)(F)F. The highest BCUT2D eigenvalue weighted by Gasteiger charge is 2.33. The lowest BCUT2D eigenvalue weighted by atomic mass is 10.1. The van der Waals surface area contributed by atoms with Crippen molar-refractivity contribution >= 4 is 5.57 Å². The summed E-state index contributed by atoms with van der Waals surface area (Å²) < 4.78 is 37.2. The number of hydrogen-bond acceptors (Lipinski definition) is 1. The molecule has 1 nitrogen and oxygen atoms in total. The van der Waals surface area contributed by atoms with Crippen LogP contribution in [0.1, 0.15) is 5.56 Å². The molecule has 0 aliphatic heterocycles. The number of benzene rings is 1. The average Bonchev–Trinajstić information content (AvgIpc) is 2.14. The first-order valence-corrected chi connectivity index (χ1v) is 3.99. The summed E-state index contributed by atoms with van der Waals surface area (Å²) in [6.07, 6.45) is -3.67. The van der Waals surface area contributed by atoms with Crippen LogP contribution >= 0.6 is 0 Å². The summed E-state index contributed by atoms with van der Waals surface area (Å²) >= 11 is 0. The lowest BCUT2D eigenvalue weighted by molar-refractivity contribution is -0.0692. The number of hydrogen-bond donors (Lipinski definition) is 1. The van der Waals surface area contributed by atoms with E-state index in [1.165, 1.54) is 24.3 Å². The maximum atomic E-state index is 12.4. The maximum absolute atomic E-state index is 12.4. The highest BCUT2D eigenvalue weighted by Crippen LogP contribution is 2.33. The fourth-order valence-electron chi connectivity index (χ4n) is 1.11. The zero-order chi connectivity index (χ0) is 10.6. The van der Waals surface area contributed by atoms with Crippen LogP contribution in [0.3, 0.4) is 0 Å². The van der Waals surface area contributed by atoms with Gasteiger partial charge in [-0.15, -0.1) is 0 Å². The first-order valence-electron chi connectivity index (χ1n) is 3.99. The van der Waals surface area contributed by atoms with E-state index in [0.717, 1.165) is 6.08 Å². The monoisotopic (exact) mass is 202 g/mol. The van der Waals surface area contributed by atoms with Crippen molar-refractivity contribution in [1.29, 1.82) is 0 Å². The summed E-state index contributed by atoms with van der Waals surface area (Å²) in [5.74, 6) is 0. The molecule has 1 N–H and O–H groups in total. The Bertz CT molecular complexity index is 314. The van der Waals surface area contributed by atoms with Crippen LogP contribution in [-0.2, 0) is 0 Å². The minimum Gasteiger partial charge on any atom is -0.392 e. The number of halogens is 3. The zero-order valence-corrected chi connectivity index (χ0v) is 7.25. The van der Waals surface area contributed by atoms with Crippen molar-refractivity contribution < 1.29 is 18.3 Å². The molecule has 1 rings (SSSR count). The Morgan fingerprint density at radius 3 is 2.21 bits per heavy atom. The minimum absolute atomic E-state index is 0.0639. The molecule has 0 unspecified atom stereocenters. The van der Waals surface area contributed by atoms with Gasteiger partial charge < -0.3 is 5.11 Å². The smallest absolute Gasteiger partial charge is 0.392 e. The zero-order valence-electron chi connectivity index (χ0n) is 7.25. The predicted molar refractivity (Wildman–Crippen MR) is 47.6 cm³/mol. The van der Waals surface area contributed by atoms with Gasteiger partial charge in [-0.25, -0.2) is 0 Å². The van der Waals surface area contributed by atoms with Crippen LogP contribution in [0.5, 0.6) is 0 Å². The first kappa shape index (κ1) is 10.8. The molecular weight excluding hydrogens is 193 g/mol. The summed E-state index contributed by atoms with van der Waals surface area (Å²) in [5.41, 5.74) is -0.741. The highest BCUT2D eigenvalue weighted by atomic mass is 19.4. The van der Waals surface area contributed by atoms with Gasteiger partial charge in [-0.3, -0.25) is 0 Å². The van der Waals surface area contributed by atoms with E-state index >= 15 is 0 Å². The van der Waals surface area contributed by atoms with Gasteiger partial charge in [-0.2, -0.15) is 13.2 Å². The molecule has 0 fully saturated rings. The van der Waals surface area contributed by atoms with Crippen molar-refractivity contribution in [2.45, 2.75) is 6.18 Å². The van der Waals surface area contributed by atoms with Crippen molar-refractivity contribution in [3.05, 3.63) is 42.0 Å². The second kappa shape index (κ2) is 4.28. The molecule has 0 heterocycles. The summed E-state index contributed by atoms with van der Waals surface area (Å²) in [7, 11) is 0. The molecule has 0 bridgehead atoms. The Labute approximate surface area is 79.5 Å². The van der Waals surface area contributed by atoms with Gasteiger partial charge in [0.2, 0.25) is 0 Å². The van der Waals surface area contributed by atoms with Crippen LogP contribution in [0, 0.1) is 0 Å². The standard InChI is InChI=1S/C10H9F3O/c11-10(12,13)9(6-7-14)8-4-2-1-3-5-8/h1-6,14H,7H2/b9-6-. The summed E-state index contributed by atoms with van der Waals surface area (Å²) in [6.45, 7) is -0.621. The Morgan fingerprint density at radius 2 is 1.79 bits per heavy atom. The molecular formula is C10H9F3O. The normalized spacial score (nSPS) is 13.0. The molecule has 0 aromatic heterocycles. The molecule has 0 radical (unpaired) electrons. The molecule has 4 heteroatoms. The van der Waals surface area contributed by atoms with Gasteiger partial charge in [0.1, 0.15) is 0 Å². The van der Waals surface area contributed by atoms with Crippen molar-refractivity contribution in [1.82, 2.24) is 0 Å². The van der Waals surface area contributed by atoms with Gasteiger partial charge >= 0.3 is 6.18 Å². The van der Waals surface area contributed by atoms with Gasteiger partial charge in [0.25, 0.3) is 0 Å². The molecule has 0 saturated carbocycles. The number of aliphatic hydroxyl groups excluding tert-OH is 1. The van der Waals surface area contributed by atoms with Gasteiger partial charge in [-0.1, -0.05) is 30.3 Å². The molecule has 0 spiro atoms. The minimum atomic E-state index is -4.43. The third-order valence-electron chi connectivity index (χ3n) is 1.69. The Hall–Kier alpha value is -1.29. The number of allylic oxidation sites excluding steroid dienone is 1. The summed E-state index contributed by atoms with van der Waals surface area (Å²) in [4.78, 5) is 0. The molecule has 0 atom stereocenters. The van der Waals surface area contributed by atoms with E-state index in [-0.39, 0.29) is 5.56 Å². The summed E-state index contributed by atoms with van der Waals surface area (Å²) in [6, 6.07) is 7.39. The van der Waals surface area contributed by atoms with Crippen molar-refractivity contribution in [3.63, 3.8) is 0 Å². The molecule has 0 aliphatic rings. The van der Waals surface area contributed by atoms with Crippen LogP contribution in [0.15, 0.2) is 36.4 Å². The van der Waals surface area contributed by atoms with E-state index < -0.39 is 18.4 Å². The lowest BCUT2D eigenvalue weighted by Gasteiger charge is -2.11. The third kappa shape index (κ3) is 2.60. The van der Waals surface area contributed by atoms with Crippen molar-refractivity contribution in [2.24, 2.45) is 0 Å². The van der Waals surface area contributed by atoms with Gasteiger partial charge in [-0.05, 0) is 11.6 Å². The molecule has 0 amide bonds. The van der Waals surface area contributed by atoms with E-state index in [9.17, 15) is 13.2 Å². The Kier molecular flexibility index (Phi) is 3.30. The van der Waals surface area contributed by atoms with Crippen LogP contribution < -0.4 is 0 Å². The highest BCUT2D eigenvalue weighted by molar-refractivity contribution is 5.69. The Balaban J connectivity index is 3.09. The molecule has 0 saturated heterocycles. The predicted octanol–water partition coefficient (Wildman–Crippen LogP) is 2.62. The largest absolute Gasteiger partial charge is 0.416 e. The van der Waals surface area contributed by atoms with Gasteiger partial charge in [0.05, 0.1) is 12.2 Å². The molecule has 14 heavy (non-hydrogen) atoms. The van der Waals surface area contributed by atoms with Crippen LogP contribution in [0.2, 0.25) is 0 Å². The van der Waals surface area contributed by atoms with E-state index in [4.69, 9.17) is 5.11 Å². The topological polar surface area (TPSA) is 20.2 Å². The second-order valence-electron chi connectivity index (χ2n) is 2.66. The lowest BCUT2D eigenvalue weighted by Crippen LogP contribution is -2.11. The molecule has 1 aromatic carbocycles. The van der Waals surface area contributed by atoms with E-state index in [0.29, 0.717) is 0 Å². The van der Waals surface area contributed by atoms with Crippen LogP contribution in [0.4, 0.5) is 13.2 Å². The van der Waals surface area contributed by atoms with E-state index in [2.05, 4.69) is 0 Å². The average molecular weight is 202 g/mol. The molecule has 1 aromatic rings. The van der Waals surface area contributed by atoms with Crippen molar-refractivity contribution in [3.8, 4) is 0 Å². The quantitative estimate of drug-likeness (QED) is 0.781. The van der Waals surface area contributed by atoms with Gasteiger partial charge in [0, 0.05) is 0 Å². The van der Waals surface area contributed by atoms with E-state index in [1.807, 2.05) is 0 Å². The third-order valence-corrected chi connectivity index (χ3v) is 1.69. The van der Waals surface area contributed by atoms with Crippen molar-refractivity contribution in [2.75, 3.05) is 6.61 Å². The first-order chi connectivity index (χ1) is 6.55. The maximum Gasteiger partial charge on any atom is 0.416 e. The summed E-state index contributed by atoms with van der Waals surface area (Å²) in [5, 5.41) is 8.48. The Morgan fingerprint density at radius 1 is 1.21 bits per heavy atom. The van der Waals surface area contributed by atoms with Crippen LogP contribution in [0.25, 0.3) is 5.57 Å².